The molecule has 1 aliphatic carbocycles. The van der Waals surface area contributed by atoms with Gasteiger partial charge < -0.3 is 15.0 Å². The lowest BCUT2D eigenvalue weighted by atomic mass is 9.97. The molecule has 4 rings (SSSR count). The lowest BCUT2D eigenvalue weighted by Gasteiger charge is -2.16. The summed E-state index contributed by atoms with van der Waals surface area (Å²) in [4.78, 5) is 51.9. The Morgan fingerprint density at radius 1 is 1.24 bits per heavy atom. The van der Waals surface area contributed by atoms with Gasteiger partial charge in [-0.2, -0.15) is 0 Å². The number of amides is 1. The second kappa shape index (κ2) is 10.2. The second-order valence-electron chi connectivity index (χ2n) is 8.42. The summed E-state index contributed by atoms with van der Waals surface area (Å²) in [6, 6.07) is 0. The number of fused-ring (bicyclic) bond motifs is 3. The van der Waals surface area contributed by atoms with Gasteiger partial charge in [-0.1, -0.05) is 24.0 Å². The molecule has 1 aliphatic rings. The quantitative estimate of drug-likeness (QED) is 0.373. The molecule has 0 atom stereocenters. The summed E-state index contributed by atoms with van der Waals surface area (Å²) < 4.78 is 6.52. The smallest absolute Gasteiger partial charge is 0.350 e. The third-order valence-corrected chi connectivity index (χ3v) is 7.71. The lowest BCUT2D eigenvalue weighted by Crippen LogP contribution is -2.33. The first-order valence-electron chi connectivity index (χ1n) is 11.0. The van der Waals surface area contributed by atoms with E-state index in [1.807, 2.05) is 19.0 Å². The first-order valence-corrected chi connectivity index (χ1v) is 12.7. The molecule has 0 aromatic carbocycles. The molecule has 0 radical (unpaired) electrons. The molecule has 0 saturated heterocycles. The second-order valence-corrected chi connectivity index (χ2v) is 10.5. The van der Waals surface area contributed by atoms with E-state index in [0.29, 0.717) is 28.3 Å². The van der Waals surface area contributed by atoms with Crippen LogP contribution in [0.2, 0.25) is 0 Å². The van der Waals surface area contributed by atoms with Gasteiger partial charge in [-0.25, -0.2) is 14.8 Å². The van der Waals surface area contributed by atoms with Crippen molar-refractivity contribution in [2.45, 2.75) is 45.7 Å². The highest BCUT2D eigenvalue weighted by Crippen LogP contribution is 2.34. The van der Waals surface area contributed by atoms with Crippen LogP contribution in [-0.4, -0.2) is 52.0 Å². The van der Waals surface area contributed by atoms with Crippen molar-refractivity contribution in [3.05, 3.63) is 49.8 Å². The van der Waals surface area contributed by atoms with E-state index in [-0.39, 0.29) is 23.8 Å². The normalized spacial score (nSPS) is 13.2. The van der Waals surface area contributed by atoms with Crippen LogP contribution in [0.15, 0.2) is 17.4 Å². The van der Waals surface area contributed by atoms with E-state index in [1.165, 1.54) is 15.5 Å². The molecule has 0 fully saturated rings. The maximum Gasteiger partial charge on any atom is 0.350 e. The van der Waals surface area contributed by atoms with Gasteiger partial charge in [-0.15, -0.1) is 11.3 Å². The monoisotopic (exact) mass is 501 g/mol. The first-order chi connectivity index (χ1) is 16.3. The van der Waals surface area contributed by atoms with Gasteiger partial charge in [0.15, 0.2) is 5.13 Å². The van der Waals surface area contributed by atoms with E-state index in [0.717, 1.165) is 47.4 Å². The van der Waals surface area contributed by atoms with Gasteiger partial charge in [0.1, 0.15) is 28.7 Å². The van der Waals surface area contributed by atoms with Crippen molar-refractivity contribution in [1.29, 1.82) is 0 Å². The van der Waals surface area contributed by atoms with E-state index >= 15 is 0 Å². The van der Waals surface area contributed by atoms with Crippen LogP contribution >= 0.6 is 22.7 Å². The van der Waals surface area contributed by atoms with Crippen molar-refractivity contribution in [1.82, 2.24) is 19.4 Å². The summed E-state index contributed by atoms with van der Waals surface area (Å²) in [6.45, 7) is 5.53. The molecule has 3 aromatic heterocycles. The van der Waals surface area contributed by atoms with Gasteiger partial charge in [0.2, 0.25) is 5.91 Å². The number of thiazole rings is 1. The summed E-state index contributed by atoms with van der Waals surface area (Å²) in [5, 5.41) is 3.64. The molecule has 34 heavy (non-hydrogen) atoms. The van der Waals surface area contributed by atoms with Crippen LogP contribution in [0.1, 0.15) is 44.5 Å². The Morgan fingerprint density at radius 2 is 2.00 bits per heavy atom. The standard InChI is InChI=1S/C23H27N5O4S2/c1-5-10-32-22(31)19-13(2)24-23(34-19)26-17(29)12-28-16(11-27(3)4)25-20-18(21(28)30)14-8-6-7-9-15(14)33-20/h5H,1,6-12H2,2-4H3,(H,24,26,29). The number of rotatable bonds is 8. The predicted octanol–water partition coefficient (Wildman–Crippen LogP) is 3.14. The molecule has 180 valence electrons. The molecule has 1 N–H and O–H groups in total. The maximum atomic E-state index is 13.5. The Kier molecular flexibility index (Phi) is 7.24. The SMILES string of the molecule is C=CCOC(=O)c1sc(NC(=O)Cn2c(CN(C)C)nc3sc4c(c3c2=O)CCCC4)nc1C. The molecule has 0 unspecified atom stereocenters. The third kappa shape index (κ3) is 4.96. The Balaban J connectivity index is 1.62. The zero-order valence-corrected chi connectivity index (χ0v) is 21.1. The molecular formula is C23H27N5O4S2. The number of ether oxygens (including phenoxy) is 1. The summed E-state index contributed by atoms with van der Waals surface area (Å²) in [5.41, 5.74) is 1.38. The number of nitrogens with zero attached hydrogens (tertiary/aromatic N) is 4. The highest BCUT2D eigenvalue weighted by atomic mass is 32.1. The van der Waals surface area contributed by atoms with Crippen LogP contribution in [0.25, 0.3) is 10.2 Å². The highest BCUT2D eigenvalue weighted by molar-refractivity contribution is 7.19. The lowest BCUT2D eigenvalue weighted by molar-refractivity contribution is -0.116. The van der Waals surface area contributed by atoms with Crippen LogP contribution in [0.3, 0.4) is 0 Å². The van der Waals surface area contributed by atoms with Gasteiger partial charge in [-0.3, -0.25) is 14.2 Å². The van der Waals surface area contributed by atoms with E-state index in [4.69, 9.17) is 9.72 Å². The van der Waals surface area contributed by atoms with Crippen molar-refractivity contribution in [2.24, 2.45) is 0 Å². The van der Waals surface area contributed by atoms with Crippen molar-refractivity contribution in [2.75, 3.05) is 26.0 Å². The van der Waals surface area contributed by atoms with Crippen LogP contribution in [0.4, 0.5) is 5.13 Å². The third-order valence-electron chi connectivity index (χ3n) is 5.47. The minimum absolute atomic E-state index is 0.0944. The molecule has 11 heteroatoms. The van der Waals surface area contributed by atoms with E-state index in [2.05, 4.69) is 16.9 Å². The fourth-order valence-corrected chi connectivity index (χ4v) is 6.14. The number of carbonyl (C=O) groups is 2. The van der Waals surface area contributed by atoms with Gasteiger partial charge in [0.05, 0.1) is 17.6 Å². The average Bonchev–Trinajstić information content (AvgIpc) is 3.34. The first kappa shape index (κ1) is 24.2. The summed E-state index contributed by atoms with van der Waals surface area (Å²) in [5.74, 6) is -0.385. The number of esters is 1. The largest absolute Gasteiger partial charge is 0.457 e. The van der Waals surface area contributed by atoms with Crippen molar-refractivity contribution in [3.8, 4) is 0 Å². The van der Waals surface area contributed by atoms with Crippen LogP contribution in [-0.2, 0) is 35.5 Å². The van der Waals surface area contributed by atoms with Crippen LogP contribution in [0.5, 0.6) is 0 Å². The van der Waals surface area contributed by atoms with Crippen molar-refractivity contribution < 1.29 is 14.3 Å². The zero-order chi connectivity index (χ0) is 24.4. The minimum Gasteiger partial charge on any atom is -0.457 e. The molecule has 1 amide bonds. The van der Waals surface area contributed by atoms with Crippen molar-refractivity contribution in [3.63, 3.8) is 0 Å². The maximum absolute atomic E-state index is 13.5. The molecule has 0 spiro atoms. The molecule has 0 bridgehead atoms. The topological polar surface area (TPSA) is 106 Å². The van der Waals surface area contributed by atoms with Crippen LogP contribution < -0.4 is 10.9 Å². The Morgan fingerprint density at radius 3 is 2.74 bits per heavy atom. The van der Waals surface area contributed by atoms with Crippen molar-refractivity contribution >= 4 is 49.9 Å². The number of aromatic nitrogens is 3. The summed E-state index contributed by atoms with van der Waals surface area (Å²) in [7, 11) is 3.79. The molecular weight excluding hydrogens is 474 g/mol. The fourth-order valence-electron chi connectivity index (χ4n) is 3.99. The molecule has 0 saturated carbocycles. The Bertz CT molecular complexity index is 1320. The number of carbonyl (C=O) groups excluding carboxylic acids is 2. The Hall–Kier alpha value is -2.89. The van der Waals surface area contributed by atoms with E-state index in [1.54, 1.807) is 18.3 Å². The number of anilines is 1. The average molecular weight is 502 g/mol. The van der Waals surface area contributed by atoms with Gasteiger partial charge in [0, 0.05) is 4.88 Å². The zero-order valence-electron chi connectivity index (χ0n) is 19.5. The number of nitrogens with one attached hydrogen (secondary N) is 1. The molecule has 3 aromatic rings. The number of hydrogen-bond donors (Lipinski definition) is 1. The van der Waals surface area contributed by atoms with Gasteiger partial charge in [-0.05, 0) is 52.3 Å². The minimum atomic E-state index is -0.517. The summed E-state index contributed by atoms with van der Waals surface area (Å²) >= 11 is 2.63. The van der Waals surface area contributed by atoms with E-state index < -0.39 is 11.9 Å². The number of aryl methyl sites for hydroxylation is 3. The van der Waals surface area contributed by atoms with E-state index in [9.17, 15) is 14.4 Å². The Labute approximate surface area is 205 Å². The number of hydrogen-bond acceptors (Lipinski definition) is 9. The van der Waals surface area contributed by atoms with Gasteiger partial charge in [0.25, 0.3) is 5.56 Å². The van der Waals surface area contributed by atoms with Gasteiger partial charge >= 0.3 is 5.97 Å². The molecule has 0 aliphatic heterocycles. The van der Waals surface area contributed by atoms with Crippen LogP contribution in [0, 0.1) is 6.92 Å². The number of thiophene rings is 1. The highest BCUT2D eigenvalue weighted by Gasteiger charge is 2.24. The fraction of sp³-hybridized carbons (Fsp3) is 0.435. The molecule has 9 nitrogen and oxygen atoms in total. The molecule has 3 heterocycles. The predicted molar refractivity (Wildman–Crippen MR) is 134 cm³/mol. The summed E-state index contributed by atoms with van der Waals surface area (Å²) in [6.07, 6.45) is 5.50.